The molecule has 6 heteroatoms. The topological polar surface area (TPSA) is 73.1 Å². The molecule has 1 aliphatic rings. The van der Waals surface area contributed by atoms with Crippen LogP contribution >= 0.6 is 11.3 Å². The zero-order valence-corrected chi connectivity index (χ0v) is 10.4. The summed E-state index contributed by atoms with van der Waals surface area (Å²) in [7, 11) is 0. The first-order chi connectivity index (χ1) is 8.23. The van der Waals surface area contributed by atoms with E-state index in [1.165, 1.54) is 0 Å². The van der Waals surface area contributed by atoms with Crippen molar-refractivity contribution in [2.24, 2.45) is 5.84 Å². The molecule has 0 spiro atoms. The fourth-order valence-corrected chi connectivity index (χ4v) is 2.92. The first-order valence-electron chi connectivity index (χ1n) is 5.59. The third-order valence-electron chi connectivity index (χ3n) is 3.15. The van der Waals surface area contributed by atoms with E-state index in [9.17, 15) is 0 Å². The van der Waals surface area contributed by atoms with Crippen molar-refractivity contribution in [3.8, 4) is 0 Å². The lowest BCUT2D eigenvalue weighted by Crippen LogP contribution is -2.24. The van der Waals surface area contributed by atoms with Crippen LogP contribution in [0.3, 0.4) is 0 Å². The second-order valence-electron chi connectivity index (χ2n) is 4.36. The third kappa shape index (κ3) is 1.69. The monoisotopic (exact) mass is 250 g/mol. The molecule has 1 atom stereocenters. The molecule has 0 aromatic carbocycles. The quantitative estimate of drug-likeness (QED) is 0.630. The highest BCUT2D eigenvalue weighted by Gasteiger charge is 2.35. The van der Waals surface area contributed by atoms with Crippen LogP contribution in [0.2, 0.25) is 0 Å². The number of nitrogens with two attached hydrogens (primary N) is 1. The summed E-state index contributed by atoms with van der Waals surface area (Å²) in [6.45, 7) is 2.81. The van der Waals surface area contributed by atoms with Crippen LogP contribution in [0.5, 0.6) is 0 Å². The Morgan fingerprint density at radius 3 is 3.12 bits per heavy atom. The molecule has 17 heavy (non-hydrogen) atoms. The number of anilines is 1. The Labute approximate surface area is 103 Å². The minimum absolute atomic E-state index is 0.371. The van der Waals surface area contributed by atoms with Gasteiger partial charge in [0.15, 0.2) is 11.6 Å². The van der Waals surface area contributed by atoms with Gasteiger partial charge in [-0.1, -0.05) is 0 Å². The highest BCUT2D eigenvalue weighted by Crippen LogP contribution is 2.36. The molecular weight excluding hydrogens is 236 g/mol. The average Bonchev–Trinajstić information content (AvgIpc) is 2.96. The fourth-order valence-electron chi connectivity index (χ4n) is 2.16. The highest BCUT2D eigenvalue weighted by atomic mass is 32.1. The van der Waals surface area contributed by atoms with Crippen molar-refractivity contribution in [2.75, 3.05) is 12.0 Å². The minimum Gasteiger partial charge on any atom is -0.367 e. The maximum atomic E-state index is 5.76. The van der Waals surface area contributed by atoms with E-state index in [1.807, 2.05) is 18.4 Å². The molecule has 0 bridgehead atoms. The van der Waals surface area contributed by atoms with Crippen molar-refractivity contribution >= 4 is 27.4 Å². The number of nitrogen functional groups attached to an aromatic ring is 1. The number of fused-ring (bicyclic) bond motifs is 1. The van der Waals surface area contributed by atoms with Gasteiger partial charge in [-0.25, -0.2) is 15.8 Å². The number of thiophene rings is 1. The lowest BCUT2D eigenvalue weighted by molar-refractivity contribution is 0.00976. The van der Waals surface area contributed by atoms with Gasteiger partial charge >= 0.3 is 0 Å². The van der Waals surface area contributed by atoms with Crippen LogP contribution in [0, 0.1) is 0 Å². The summed E-state index contributed by atoms with van der Waals surface area (Å²) in [5.41, 5.74) is 2.27. The van der Waals surface area contributed by atoms with Crippen LogP contribution in [0.1, 0.15) is 25.6 Å². The van der Waals surface area contributed by atoms with Gasteiger partial charge in [0.25, 0.3) is 0 Å². The predicted molar refractivity (Wildman–Crippen MR) is 67.8 cm³/mol. The van der Waals surface area contributed by atoms with Gasteiger partial charge in [-0.3, -0.25) is 0 Å². The summed E-state index contributed by atoms with van der Waals surface area (Å²) in [5.74, 6) is 6.90. The molecule has 1 unspecified atom stereocenters. The third-order valence-corrected chi connectivity index (χ3v) is 3.96. The summed E-state index contributed by atoms with van der Waals surface area (Å²) < 4.78 is 5.76. The molecule has 3 heterocycles. The Balaban J connectivity index is 2.16. The molecule has 3 N–H and O–H groups in total. The lowest BCUT2D eigenvalue weighted by atomic mass is 10.0. The minimum atomic E-state index is -0.371. The summed E-state index contributed by atoms with van der Waals surface area (Å²) in [4.78, 5) is 10.0. The zero-order chi connectivity index (χ0) is 11.9. The highest BCUT2D eigenvalue weighted by molar-refractivity contribution is 7.16. The second kappa shape index (κ2) is 3.90. The standard InChI is InChI=1S/C11H14N4OS/c1-11(4-2-5-16-11)10-13-8(15-12)7-3-6-17-9(7)14-10/h3,6H,2,4-5,12H2,1H3,(H,13,14,15). The van der Waals surface area contributed by atoms with Crippen molar-refractivity contribution in [3.63, 3.8) is 0 Å². The zero-order valence-electron chi connectivity index (χ0n) is 9.56. The van der Waals surface area contributed by atoms with Crippen molar-refractivity contribution < 1.29 is 4.74 Å². The number of hydrogen-bond acceptors (Lipinski definition) is 6. The maximum Gasteiger partial charge on any atom is 0.164 e. The molecule has 1 saturated heterocycles. The Bertz CT molecular complexity index is 547. The van der Waals surface area contributed by atoms with Crippen molar-refractivity contribution in [1.82, 2.24) is 9.97 Å². The SMILES string of the molecule is CC1(c2nc(NN)c3ccsc3n2)CCCO1. The summed E-state index contributed by atoms with van der Waals surface area (Å²) in [5, 5.41) is 2.95. The number of aromatic nitrogens is 2. The smallest absolute Gasteiger partial charge is 0.164 e. The molecule has 0 amide bonds. The van der Waals surface area contributed by atoms with Gasteiger partial charge in [-0.05, 0) is 31.2 Å². The maximum absolute atomic E-state index is 5.76. The molecule has 3 rings (SSSR count). The Morgan fingerprint density at radius 1 is 1.53 bits per heavy atom. The van der Waals surface area contributed by atoms with Crippen LogP contribution < -0.4 is 11.3 Å². The van der Waals surface area contributed by atoms with Crippen molar-refractivity contribution in [3.05, 3.63) is 17.3 Å². The van der Waals surface area contributed by atoms with Gasteiger partial charge in [0, 0.05) is 6.61 Å². The van der Waals surface area contributed by atoms with E-state index in [2.05, 4.69) is 15.4 Å². The van der Waals surface area contributed by atoms with Crippen LogP contribution in [-0.4, -0.2) is 16.6 Å². The number of hydrazine groups is 1. The van der Waals surface area contributed by atoms with E-state index in [-0.39, 0.29) is 5.60 Å². The van der Waals surface area contributed by atoms with Crippen LogP contribution in [0.15, 0.2) is 11.4 Å². The van der Waals surface area contributed by atoms with Gasteiger partial charge in [0.05, 0.1) is 5.39 Å². The number of ether oxygens (including phenoxy) is 1. The molecule has 1 aliphatic heterocycles. The number of hydrogen-bond donors (Lipinski definition) is 2. The van der Waals surface area contributed by atoms with Crippen LogP contribution in [0.25, 0.3) is 10.2 Å². The van der Waals surface area contributed by atoms with E-state index >= 15 is 0 Å². The predicted octanol–water partition coefficient (Wildman–Crippen LogP) is 2.00. The largest absolute Gasteiger partial charge is 0.367 e. The van der Waals surface area contributed by atoms with Gasteiger partial charge in [0.1, 0.15) is 10.4 Å². The van der Waals surface area contributed by atoms with Gasteiger partial charge < -0.3 is 10.2 Å². The normalized spacial score (nSPS) is 24.4. The molecule has 0 radical (unpaired) electrons. The number of rotatable bonds is 2. The molecule has 2 aromatic heterocycles. The molecule has 5 nitrogen and oxygen atoms in total. The Hall–Kier alpha value is -1.24. The number of nitrogens with one attached hydrogen (secondary N) is 1. The van der Waals surface area contributed by atoms with Crippen molar-refractivity contribution in [1.29, 1.82) is 0 Å². The summed E-state index contributed by atoms with van der Waals surface area (Å²) in [6.07, 6.45) is 2.00. The van der Waals surface area contributed by atoms with E-state index in [0.29, 0.717) is 5.82 Å². The molecule has 0 saturated carbocycles. The van der Waals surface area contributed by atoms with E-state index in [1.54, 1.807) is 11.3 Å². The molecule has 0 aliphatic carbocycles. The summed E-state index contributed by atoms with van der Waals surface area (Å²) >= 11 is 1.59. The first-order valence-corrected chi connectivity index (χ1v) is 6.47. The lowest BCUT2D eigenvalue weighted by Gasteiger charge is -2.21. The second-order valence-corrected chi connectivity index (χ2v) is 5.26. The van der Waals surface area contributed by atoms with E-state index in [0.717, 1.165) is 35.5 Å². The first kappa shape index (κ1) is 10.9. The van der Waals surface area contributed by atoms with Crippen LogP contribution in [0.4, 0.5) is 5.82 Å². The van der Waals surface area contributed by atoms with Gasteiger partial charge in [-0.15, -0.1) is 11.3 Å². The van der Waals surface area contributed by atoms with Gasteiger partial charge in [0.2, 0.25) is 0 Å². The Kier molecular flexibility index (Phi) is 2.50. The fraction of sp³-hybridized carbons (Fsp3) is 0.455. The average molecular weight is 250 g/mol. The van der Waals surface area contributed by atoms with Crippen molar-refractivity contribution in [2.45, 2.75) is 25.4 Å². The molecular formula is C11H14N4OS. The molecule has 90 valence electrons. The van der Waals surface area contributed by atoms with Crippen LogP contribution in [-0.2, 0) is 10.3 Å². The molecule has 1 fully saturated rings. The molecule has 2 aromatic rings. The Morgan fingerprint density at radius 2 is 2.41 bits per heavy atom. The van der Waals surface area contributed by atoms with E-state index in [4.69, 9.17) is 10.6 Å². The van der Waals surface area contributed by atoms with E-state index < -0.39 is 0 Å². The number of nitrogens with zero attached hydrogens (tertiary/aromatic N) is 2. The van der Waals surface area contributed by atoms with Gasteiger partial charge in [-0.2, -0.15) is 0 Å². The summed E-state index contributed by atoms with van der Waals surface area (Å²) in [6, 6.07) is 1.97.